The van der Waals surface area contributed by atoms with Crippen molar-refractivity contribution in [1.29, 1.82) is 0 Å². The van der Waals surface area contributed by atoms with Gasteiger partial charge in [-0.3, -0.25) is 0 Å². The highest BCUT2D eigenvalue weighted by atomic mass is 16.6. The first-order valence-corrected chi connectivity index (χ1v) is 8.21. The molecule has 0 aromatic carbocycles. The number of ether oxygens (including phenoxy) is 2. The Bertz CT molecular complexity index is 416. The van der Waals surface area contributed by atoms with Gasteiger partial charge in [0.05, 0.1) is 0 Å². The summed E-state index contributed by atoms with van der Waals surface area (Å²) in [6.45, 7) is 4.43. The Hall–Kier alpha value is -0.830. The van der Waals surface area contributed by atoms with Crippen molar-refractivity contribution >= 4 is 5.97 Å². The average Bonchev–Trinajstić information content (AvgIpc) is 3.18. The standard InChI is InChI=1S/C17H24O3/c1-2-14(18)20-17(12-6-3-4-7-12)13-8-5-9-16(13)10-11-19-15(16)17/h2,12-13,15H,1,3-11H2. The van der Waals surface area contributed by atoms with Crippen LogP contribution in [0.2, 0.25) is 0 Å². The molecule has 20 heavy (non-hydrogen) atoms. The molecule has 4 aliphatic rings. The van der Waals surface area contributed by atoms with E-state index in [4.69, 9.17) is 9.47 Å². The van der Waals surface area contributed by atoms with Crippen LogP contribution >= 0.6 is 0 Å². The number of carbonyl (C=O) groups is 1. The molecule has 1 heterocycles. The maximum absolute atomic E-state index is 12.0. The zero-order chi connectivity index (χ0) is 13.8. The van der Waals surface area contributed by atoms with E-state index < -0.39 is 0 Å². The van der Waals surface area contributed by atoms with E-state index in [2.05, 4.69) is 6.58 Å². The molecule has 3 saturated carbocycles. The number of carbonyl (C=O) groups excluding carboxylic acids is 1. The van der Waals surface area contributed by atoms with Crippen LogP contribution < -0.4 is 0 Å². The first-order chi connectivity index (χ1) is 9.74. The highest BCUT2D eigenvalue weighted by Crippen LogP contribution is 2.72. The van der Waals surface area contributed by atoms with Crippen LogP contribution in [0, 0.1) is 17.3 Å². The van der Waals surface area contributed by atoms with E-state index in [0.29, 0.717) is 17.3 Å². The van der Waals surface area contributed by atoms with Crippen LogP contribution in [0.5, 0.6) is 0 Å². The SMILES string of the molecule is C=CC(=O)OC1(C2CCCC2)C2CCCC23CCOC31. The third kappa shape index (κ3) is 1.37. The molecule has 1 saturated heterocycles. The van der Waals surface area contributed by atoms with Crippen LogP contribution in [0.4, 0.5) is 0 Å². The molecule has 0 bridgehead atoms. The minimum absolute atomic E-state index is 0.162. The fourth-order valence-electron chi connectivity index (χ4n) is 6.01. The zero-order valence-electron chi connectivity index (χ0n) is 12.1. The lowest BCUT2D eigenvalue weighted by molar-refractivity contribution is -0.284. The van der Waals surface area contributed by atoms with E-state index in [0.717, 1.165) is 6.61 Å². The van der Waals surface area contributed by atoms with Crippen molar-refractivity contribution in [3.63, 3.8) is 0 Å². The van der Waals surface area contributed by atoms with E-state index in [1.165, 1.54) is 57.4 Å². The summed E-state index contributed by atoms with van der Waals surface area (Å²) in [5.41, 5.74) is 0.0127. The second-order valence-electron chi connectivity index (χ2n) is 7.14. The van der Waals surface area contributed by atoms with Crippen LogP contribution in [-0.2, 0) is 14.3 Å². The molecule has 0 radical (unpaired) electrons. The molecule has 3 aliphatic carbocycles. The Kier molecular flexibility index (Phi) is 2.79. The Morgan fingerprint density at radius 1 is 1.20 bits per heavy atom. The lowest BCUT2D eigenvalue weighted by Gasteiger charge is -2.63. The maximum Gasteiger partial charge on any atom is 0.330 e. The summed E-state index contributed by atoms with van der Waals surface area (Å²) in [4.78, 5) is 12.0. The molecular weight excluding hydrogens is 252 g/mol. The molecule has 0 N–H and O–H groups in total. The minimum atomic E-state index is -0.325. The van der Waals surface area contributed by atoms with E-state index in [9.17, 15) is 4.79 Å². The maximum atomic E-state index is 12.0. The van der Waals surface area contributed by atoms with E-state index >= 15 is 0 Å². The molecular formula is C17H24O3. The average molecular weight is 276 g/mol. The van der Waals surface area contributed by atoms with Gasteiger partial charge in [-0.1, -0.05) is 25.8 Å². The van der Waals surface area contributed by atoms with Gasteiger partial charge in [0.25, 0.3) is 0 Å². The van der Waals surface area contributed by atoms with E-state index in [-0.39, 0.29) is 17.7 Å². The Labute approximate surface area is 120 Å². The van der Waals surface area contributed by atoms with Crippen molar-refractivity contribution in [2.24, 2.45) is 17.3 Å². The van der Waals surface area contributed by atoms with Gasteiger partial charge in [0.15, 0.2) is 0 Å². The molecule has 4 rings (SSSR count). The van der Waals surface area contributed by atoms with Gasteiger partial charge in [0.1, 0.15) is 11.7 Å². The van der Waals surface area contributed by atoms with Crippen LogP contribution in [0.3, 0.4) is 0 Å². The lowest BCUT2D eigenvalue weighted by atomic mass is 9.46. The van der Waals surface area contributed by atoms with E-state index in [1.807, 2.05) is 0 Å². The number of rotatable bonds is 3. The first-order valence-electron chi connectivity index (χ1n) is 8.21. The molecule has 0 aromatic rings. The van der Waals surface area contributed by atoms with Gasteiger partial charge in [-0.15, -0.1) is 0 Å². The minimum Gasteiger partial charge on any atom is -0.453 e. The highest BCUT2D eigenvalue weighted by Gasteiger charge is 2.78. The zero-order valence-corrected chi connectivity index (χ0v) is 12.1. The molecule has 3 nitrogen and oxygen atoms in total. The Balaban J connectivity index is 1.72. The predicted molar refractivity (Wildman–Crippen MR) is 75.1 cm³/mol. The summed E-state index contributed by atoms with van der Waals surface area (Å²) in [6, 6.07) is 0. The summed E-state index contributed by atoms with van der Waals surface area (Å²) < 4.78 is 12.2. The fraction of sp³-hybridized carbons (Fsp3) is 0.824. The van der Waals surface area contributed by atoms with Crippen molar-refractivity contribution < 1.29 is 14.3 Å². The molecule has 0 aromatic heterocycles. The summed E-state index contributed by atoms with van der Waals surface area (Å²) in [7, 11) is 0. The van der Waals surface area contributed by atoms with Gasteiger partial charge in [0.2, 0.25) is 0 Å². The topological polar surface area (TPSA) is 35.5 Å². The second kappa shape index (κ2) is 4.33. The largest absolute Gasteiger partial charge is 0.453 e. The van der Waals surface area contributed by atoms with Gasteiger partial charge in [0, 0.05) is 29.9 Å². The molecule has 4 fully saturated rings. The second-order valence-corrected chi connectivity index (χ2v) is 7.14. The third-order valence-electron chi connectivity index (χ3n) is 6.59. The van der Waals surface area contributed by atoms with Crippen molar-refractivity contribution in [3.05, 3.63) is 12.7 Å². The van der Waals surface area contributed by atoms with Gasteiger partial charge < -0.3 is 9.47 Å². The summed E-state index contributed by atoms with van der Waals surface area (Å²) in [5.74, 6) is 0.785. The fourth-order valence-corrected chi connectivity index (χ4v) is 6.01. The molecule has 4 atom stereocenters. The molecule has 4 unspecified atom stereocenters. The van der Waals surface area contributed by atoms with Crippen LogP contribution in [0.1, 0.15) is 51.4 Å². The summed E-state index contributed by atoms with van der Waals surface area (Å²) in [6.07, 6.45) is 11.3. The van der Waals surface area contributed by atoms with Gasteiger partial charge in [-0.2, -0.15) is 0 Å². The monoisotopic (exact) mass is 276 g/mol. The number of hydrogen-bond acceptors (Lipinski definition) is 3. The normalized spacial score (nSPS) is 46.6. The van der Waals surface area contributed by atoms with Gasteiger partial charge >= 0.3 is 5.97 Å². The van der Waals surface area contributed by atoms with E-state index in [1.54, 1.807) is 0 Å². The van der Waals surface area contributed by atoms with Crippen molar-refractivity contribution in [2.75, 3.05) is 6.61 Å². The molecule has 110 valence electrons. The summed E-state index contributed by atoms with van der Waals surface area (Å²) in [5, 5.41) is 0. The highest BCUT2D eigenvalue weighted by molar-refractivity contribution is 5.82. The van der Waals surface area contributed by atoms with Crippen LogP contribution in [-0.4, -0.2) is 24.3 Å². The van der Waals surface area contributed by atoms with Crippen LogP contribution in [0.25, 0.3) is 0 Å². The predicted octanol–water partition coefficient (Wildman–Crippen LogP) is 3.23. The smallest absolute Gasteiger partial charge is 0.330 e. The van der Waals surface area contributed by atoms with Gasteiger partial charge in [-0.05, 0) is 32.1 Å². The van der Waals surface area contributed by atoms with Crippen molar-refractivity contribution in [1.82, 2.24) is 0 Å². The Morgan fingerprint density at radius 2 is 2.00 bits per heavy atom. The Morgan fingerprint density at radius 3 is 2.75 bits per heavy atom. The first kappa shape index (κ1) is 12.9. The third-order valence-corrected chi connectivity index (χ3v) is 6.59. The quantitative estimate of drug-likeness (QED) is 0.586. The number of hydrogen-bond donors (Lipinski definition) is 0. The molecule has 0 amide bonds. The molecule has 1 spiro atoms. The van der Waals surface area contributed by atoms with Gasteiger partial charge in [-0.25, -0.2) is 4.79 Å². The summed E-state index contributed by atoms with van der Waals surface area (Å²) >= 11 is 0. The molecule has 3 heteroatoms. The van der Waals surface area contributed by atoms with Crippen molar-refractivity contribution in [2.45, 2.75) is 63.1 Å². The molecule has 1 aliphatic heterocycles. The lowest BCUT2D eigenvalue weighted by Crippen LogP contribution is -2.73. The van der Waals surface area contributed by atoms with Crippen molar-refractivity contribution in [3.8, 4) is 0 Å². The van der Waals surface area contributed by atoms with Crippen LogP contribution in [0.15, 0.2) is 12.7 Å². The number of esters is 1.